The standard InChI is InChI=1S/C23H18N2O3/c1-2-6-15(7-3-1)23-25-19(17-8-4-5-9-20(17)28-23)13-18(24-25)16-10-11-21-22(12-16)27-14-26-21/h1-12,19,23H,13-14H2/t19-,23-/m1/s1. The molecule has 0 saturated carbocycles. The molecule has 3 aliphatic rings. The Morgan fingerprint density at radius 3 is 2.57 bits per heavy atom. The van der Waals surface area contributed by atoms with Gasteiger partial charge >= 0.3 is 0 Å². The van der Waals surface area contributed by atoms with E-state index in [0.29, 0.717) is 0 Å². The van der Waals surface area contributed by atoms with Crippen molar-refractivity contribution in [2.75, 3.05) is 6.79 Å². The largest absolute Gasteiger partial charge is 0.464 e. The molecule has 138 valence electrons. The smallest absolute Gasteiger partial charge is 0.231 e. The van der Waals surface area contributed by atoms with Crippen LogP contribution in [0.1, 0.15) is 35.4 Å². The maximum absolute atomic E-state index is 6.36. The van der Waals surface area contributed by atoms with Gasteiger partial charge in [0.25, 0.3) is 0 Å². The van der Waals surface area contributed by atoms with E-state index in [2.05, 4.69) is 35.3 Å². The van der Waals surface area contributed by atoms with Gasteiger partial charge in [0, 0.05) is 23.1 Å². The summed E-state index contributed by atoms with van der Waals surface area (Å²) in [6.07, 6.45) is 0.580. The normalized spacial score (nSPS) is 21.6. The molecule has 0 bridgehead atoms. The zero-order valence-electron chi connectivity index (χ0n) is 15.1. The van der Waals surface area contributed by atoms with Gasteiger partial charge in [0.1, 0.15) is 5.75 Å². The first-order valence-electron chi connectivity index (χ1n) is 9.43. The monoisotopic (exact) mass is 370 g/mol. The van der Waals surface area contributed by atoms with Gasteiger partial charge in [0.2, 0.25) is 13.0 Å². The van der Waals surface area contributed by atoms with Crippen molar-refractivity contribution in [3.8, 4) is 17.2 Å². The summed E-state index contributed by atoms with van der Waals surface area (Å²) in [5, 5.41) is 7.09. The summed E-state index contributed by atoms with van der Waals surface area (Å²) in [5.74, 6) is 2.50. The van der Waals surface area contributed by atoms with Gasteiger partial charge in [-0.1, -0.05) is 48.5 Å². The van der Waals surface area contributed by atoms with Crippen molar-refractivity contribution in [3.05, 3.63) is 89.5 Å². The lowest BCUT2D eigenvalue weighted by atomic mass is 9.96. The summed E-state index contributed by atoms with van der Waals surface area (Å²) >= 11 is 0. The molecule has 0 aromatic heterocycles. The molecule has 5 nitrogen and oxygen atoms in total. The Kier molecular flexibility index (Phi) is 3.35. The van der Waals surface area contributed by atoms with E-state index in [1.807, 2.05) is 42.5 Å². The quantitative estimate of drug-likeness (QED) is 0.658. The molecule has 0 saturated heterocycles. The number of para-hydroxylation sites is 1. The fourth-order valence-electron chi connectivity index (χ4n) is 4.12. The molecule has 3 aromatic carbocycles. The molecular weight excluding hydrogens is 352 g/mol. The van der Waals surface area contributed by atoms with E-state index in [0.717, 1.165) is 40.5 Å². The number of hydrazone groups is 1. The number of benzene rings is 3. The van der Waals surface area contributed by atoms with Gasteiger partial charge in [0.05, 0.1) is 11.8 Å². The highest BCUT2D eigenvalue weighted by atomic mass is 16.7. The lowest BCUT2D eigenvalue weighted by Crippen LogP contribution is -2.33. The van der Waals surface area contributed by atoms with E-state index < -0.39 is 0 Å². The Bertz CT molecular complexity index is 1080. The minimum absolute atomic E-state index is 0.149. The molecule has 0 N–H and O–H groups in total. The van der Waals surface area contributed by atoms with Gasteiger partial charge in [-0.25, -0.2) is 5.01 Å². The maximum Gasteiger partial charge on any atom is 0.231 e. The SMILES string of the molecule is c1ccc([C@H]2Oc3ccccc3[C@H]3CC(c4ccc5c(c4)OCO5)=NN32)cc1. The van der Waals surface area contributed by atoms with Crippen molar-refractivity contribution in [3.63, 3.8) is 0 Å². The maximum atomic E-state index is 6.36. The molecule has 0 aliphatic carbocycles. The number of hydrogen-bond acceptors (Lipinski definition) is 5. The molecule has 2 atom stereocenters. The minimum atomic E-state index is -0.243. The Balaban J connectivity index is 1.43. The van der Waals surface area contributed by atoms with Crippen LogP contribution in [-0.2, 0) is 0 Å². The number of ether oxygens (including phenoxy) is 3. The van der Waals surface area contributed by atoms with Crippen molar-refractivity contribution < 1.29 is 14.2 Å². The first kappa shape index (κ1) is 15.6. The third-order valence-corrected chi connectivity index (χ3v) is 5.49. The molecule has 0 spiro atoms. The van der Waals surface area contributed by atoms with E-state index in [1.54, 1.807) is 0 Å². The van der Waals surface area contributed by atoms with Crippen LogP contribution in [0.3, 0.4) is 0 Å². The van der Waals surface area contributed by atoms with Crippen LogP contribution in [0.4, 0.5) is 0 Å². The van der Waals surface area contributed by atoms with Crippen LogP contribution in [0.15, 0.2) is 77.9 Å². The van der Waals surface area contributed by atoms with Crippen molar-refractivity contribution in [1.82, 2.24) is 5.01 Å². The number of fused-ring (bicyclic) bond motifs is 4. The molecule has 0 amide bonds. The second-order valence-electron chi connectivity index (χ2n) is 7.13. The summed E-state index contributed by atoms with van der Waals surface area (Å²) in [4.78, 5) is 0. The van der Waals surface area contributed by atoms with Crippen LogP contribution in [0.5, 0.6) is 17.2 Å². The van der Waals surface area contributed by atoms with Gasteiger partial charge in [-0.15, -0.1) is 0 Å². The highest BCUT2D eigenvalue weighted by Gasteiger charge is 2.40. The molecule has 0 fully saturated rings. The fraction of sp³-hybridized carbons (Fsp3) is 0.174. The highest BCUT2D eigenvalue weighted by Crippen LogP contribution is 2.47. The average molecular weight is 370 g/mol. The summed E-state index contributed by atoms with van der Waals surface area (Å²) < 4.78 is 17.4. The average Bonchev–Trinajstić information content (AvgIpc) is 3.40. The van der Waals surface area contributed by atoms with Crippen LogP contribution in [-0.4, -0.2) is 17.5 Å². The fourth-order valence-corrected chi connectivity index (χ4v) is 4.12. The molecule has 3 aromatic rings. The van der Waals surface area contributed by atoms with Gasteiger partial charge in [-0.05, 0) is 24.3 Å². The molecular formula is C23H18N2O3. The van der Waals surface area contributed by atoms with Gasteiger partial charge in [0.15, 0.2) is 11.5 Å². The lowest BCUT2D eigenvalue weighted by Gasteiger charge is -2.38. The van der Waals surface area contributed by atoms with Crippen LogP contribution < -0.4 is 14.2 Å². The van der Waals surface area contributed by atoms with E-state index in [1.165, 1.54) is 5.56 Å². The van der Waals surface area contributed by atoms with Crippen molar-refractivity contribution in [2.45, 2.75) is 18.7 Å². The molecule has 3 aliphatic heterocycles. The lowest BCUT2D eigenvalue weighted by molar-refractivity contribution is -0.0190. The van der Waals surface area contributed by atoms with Crippen molar-refractivity contribution in [1.29, 1.82) is 0 Å². The predicted octanol–water partition coefficient (Wildman–Crippen LogP) is 4.66. The zero-order valence-corrected chi connectivity index (χ0v) is 15.1. The molecule has 5 heteroatoms. The second kappa shape index (κ2) is 6.02. The van der Waals surface area contributed by atoms with Crippen LogP contribution in [0, 0.1) is 0 Å². The van der Waals surface area contributed by atoms with Crippen molar-refractivity contribution >= 4 is 5.71 Å². The summed E-state index contributed by atoms with van der Waals surface area (Å²) in [6.45, 7) is 0.275. The van der Waals surface area contributed by atoms with Crippen molar-refractivity contribution in [2.24, 2.45) is 5.10 Å². The molecule has 0 unspecified atom stereocenters. The predicted molar refractivity (Wildman–Crippen MR) is 105 cm³/mol. The van der Waals surface area contributed by atoms with E-state index in [-0.39, 0.29) is 19.1 Å². The minimum Gasteiger partial charge on any atom is -0.464 e. The Labute approximate surface area is 162 Å². The Hall–Kier alpha value is -3.47. The summed E-state index contributed by atoms with van der Waals surface area (Å²) in [7, 11) is 0. The first-order chi connectivity index (χ1) is 13.9. The number of hydrogen-bond donors (Lipinski definition) is 0. The second-order valence-corrected chi connectivity index (χ2v) is 7.13. The number of rotatable bonds is 2. The number of nitrogens with zero attached hydrogens (tertiary/aromatic N) is 2. The zero-order chi connectivity index (χ0) is 18.5. The Morgan fingerprint density at radius 1 is 0.821 bits per heavy atom. The summed E-state index contributed by atoms with van der Waals surface area (Å²) in [6, 6.07) is 24.7. The van der Waals surface area contributed by atoms with E-state index in [4.69, 9.17) is 19.3 Å². The van der Waals surface area contributed by atoms with Crippen LogP contribution >= 0.6 is 0 Å². The topological polar surface area (TPSA) is 43.3 Å². The van der Waals surface area contributed by atoms with Crippen LogP contribution in [0.2, 0.25) is 0 Å². The Morgan fingerprint density at radius 2 is 1.64 bits per heavy atom. The third kappa shape index (κ3) is 2.36. The molecule has 6 rings (SSSR count). The van der Waals surface area contributed by atoms with Crippen LogP contribution in [0.25, 0.3) is 0 Å². The van der Waals surface area contributed by atoms with E-state index >= 15 is 0 Å². The molecule has 0 radical (unpaired) electrons. The molecule has 28 heavy (non-hydrogen) atoms. The highest BCUT2D eigenvalue weighted by molar-refractivity contribution is 6.02. The first-order valence-corrected chi connectivity index (χ1v) is 9.43. The van der Waals surface area contributed by atoms with Gasteiger partial charge in [-0.3, -0.25) is 0 Å². The third-order valence-electron chi connectivity index (χ3n) is 5.49. The van der Waals surface area contributed by atoms with E-state index in [9.17, 15) is 0 Å². The van der Waals surface area contributed by atoms with Gasteiger partial charge < -0.3 is 14.2 Å². The van der Waals surface area contributed by atoms with Gasteiger partial charge in [-0.2, -0.15) is 5.10 Å². The molecule has 3 heterocycles. The summed E-state index contributed by atoms with van der Waals surface area (Å²) in [5.41, 5.74) is 4.36.